The second kappa shape index (κ2) is 23.6. The third-order valence-corrected chi connectivity index (χ3v) is 8.14. The van der Waals surface area contributed by atoms with Gasteiger partial charge >= 0.3 is 0 Å². The molecule has 0 saturated carbocycles. The summed E-state index contributed by atoms with van der Waals surface area (Å²) in [5.41, 5.74) is 0. The Bertz CT molecular complexity index is 549. The first-order valence-electron chi connectivity index (χ1n) is 16.3. The molecule has 0 aliphatic carbocycles. The fraction of sp³-hybridized carbons (Fsp3) is 0.909. The van der Waals surface area contributed by atoms with E-state index < -0.39 is 0 Å². The summed E-state index contributed by atoms with van der Waals surface area (Å²) >= 11 is 0. The molecular formula is C33H65N2+. The van der Waals surface area contributed by atoms with Crippen LogP contribution in [-0.2, 0) is 0 Å². The van der Waals surface area contributed by atoms with Gasteiger partial charge in [0.1, 0.15) is 12.4 Å². The minimum atomic E-state index is 0.622. The van der Waals surface area contributed by atoms with E-state index in [9.17, 15) is 0 Å². The fourth-order valence-corrected chi connectivity index (χ4v) is 5.72. The molecule has 1 heterocycles. The Labute approximate surface area is 221 Å². The average Bonchev–Trinajstić information content (AvgIpc) is 3.35. The van der Waals surface area contributed by atoms with Gasteiger partial charge in [0.25, 0.3) is 5.82 Å². The molecule has 0 fully saturated rings. The highest BCUT2D eigenvalue weighted by Gasteiger charge is 2.25. The van der Waals surface area contributed by atoms with Crippen LogP contribution in [0.3, 0.4) is 0 Å². The summed E-state index contributed by atoms with van der Waals surface area (Å²) in [6.07, 6.45) is 38.4. The van der Waals surface area contributed by atoms with Crippen LogP contribution in [0.2, 0.25) is 0 Å². The first-order valence-corrected chi connectivity index (χ1v) is 16.3. The summed E-state index contributed by atoms with van der Waals surface area (Å²) in [6.45, 7) is 9.36. The van der Waals surface area contributed by atoms with Crippen molar-refractivity contribution >= 4 is 0 Å². The van der Waals surface area contributed by atoms with Crippen LogP contribution in [0.15, 0.2) is 12.4 Å². The summed E-state index contributed by atoms with van der Waals surface area (Å²) in [5.74, 6) is 2.23. The van der Waals surface area contributed by atoms with Gasteiger partial charge in [-0.15, -0.1) is 0 Å². The molecule has 35 heavy (non-hydrogen) atoms. The minimum Gasteiger partial charge on any atom is -0.247 e. The lowest BCUT2D eigenvalue weighted by atomic mass is 9.93. The number of nitrogens with one attached hydrogen (secondary N) is 1. The summed E-state index contributed by atoms with van der Waals surface area (Å²) in [4.78, 5) is 3.68. The zero-order valence-corrected chi connectivity index (χ0v) is 24.7. The molecule has 206 valence electrons. The lowest BCUT2D eigenvalue weighted by Crippen LogP contribution is -2.41. The molecule has 1 rings (SSSR count). The zero-order chi connectivity index (χ0) is 25.4. The molecule has 2 nitrogen and oxygen atoms in total. The average molecular weight is 490 g/mol. The fourth-order valence-electron chi connectivity index (χ4n) is 5.72. The van der Waals surface area contributed by atoms with Gasteiger partial charge < -0.3 is 0 Å². The summed E-state index contributed by atoms with van der Waals surface area (Å²) in [5, 5.41) is 0. The molecular weight excluding hydrogens is 424 g/mol. The Hall–Kier alpha value is -0.790. The molecule has 0 amide bonds. The Morgan fingerprint density at radius 3 is 1.40 bits per heavy atom. The van der Waals surface area contributed by atoms with E-state index >= 15 is 0 Å². The lowest BCUT2D eigenvalue weighted by Gasteiger charge is -2.17. The zero-order valence-electron chi connectivity index (χ0n) is 24.7. The quantitative estimate of drug-likeness (QED) is 0.0985. The van der Waals surface area contributed by atoms with Gasteiger partial charge in [-0.3, -0.25) is 0 Å². The maximum Gasteiger partial charge on any atom is 0.257 e. The summed E-state index contributed by atoms with van der Waals surface area (Å²) in [7, 11) is 0. The van der Waals surface area contributed by atoms with Gasteiger partial charge in [0.15, 0.2) is 0 Å². The highest BCUT2D eigenvalue weighted by Crippen LogP contribution is 2.27. The van der Waals surface area contributed by atoms with Crippen molar-refractivity contribution in [2.45, 2.75) is 194 Å². The second-order valence-electron chi connectivity index (χ2n) is 11.5. The van der Waals surface area contributed by atoms with Crippen LogP contribution in [0.25, 0.3) is 0 Å². The van der Waals surface area contributed by atoms with Crippen LogP contribution in [0.5, 0.6) is 0 Å². The SMILES string of the molecule is CCCCCCCCCCCCCCCCC(CCCCCC)c1[nH]cc[n+]1C(C)CCCCC. The predicted molar refractivity (Wildman–Crippen MR) is 156 cm³/mol. The first kappa shape index (κ1) is 32.2. The molecule has 0 aliphatic rings. The number of aromatic amines is 1. The molecule has 0 radical (unpaired) electrons. The van der Waals surface area contributed by atoms with Crippen molar-refractivity contribution in [2.24, 2.45) is 0 Å². The normalized spacial score (nSPS) is 13.4. The van der Waals surface area contributed by atoms with Gasteiger partial charge in [-0.1, -0.05) is 149 Å². The Kier molecular flexibility index (Phi) is 21.7. The van der Waals surface area contributed by atoms with E-state index in [0.29, 0.717) is 12.0 Å². The van der Waals surface area contributed by atoms with Gasteiger partial charge in [-0.05, 0) is 32.6 Å². The van der Waals surface area contributed by atoms with E-state index in [4.69, 9.17) is 0 Å². The van der Waals surface area contributed by atoms with Gasteiger partial charge in [0, 0.05) is 0 Å². The summed E-state index contributed by atoms with van der Waals surface area (Å²) < 4.78 is 2.59. The lowest BCUT2D eigenvalue weighted by molar-refractivity contribution is -0.727. The molecule has 0 aromatic carbocycles. The number of nitrogens with zero attached hydrogens (tertiary/aromatic N) is 1. The number of unbranched alkanes of at least 4 members (excludes halogenated alkanes) is 18. The van der Waals surface area contributed by atoms with Crippen molar-refractivity contribution in [3.8, 4) is 0 Å². The molecule has 2 atom stereocenters. The Balaban J connectivity index is 2.28. The van der Waals surface area contributed by atoms with E-state index in [2.05, 4.69) is 49.6 Å². The van der Waals surface area contributed by atoms with Gasteiger partial charge in [0.05, 0.1) is 12.0 Å². The van der Waals surface area contributed by atoms with Crippen LogP contribution in [-0.4, -0.2) is 4.98 Å². The second-order valence-corrected chi connectivity index (χ2v) is 11.5. The highest BCUT2D eigenvalue weighted by molar-refractivity contribution is 4.90. The van der Waals surface area contributed by atoms with Crippen LogP contribution in [0, 0.1) is 0 Å². The molecule has 0 bridgehead atoms. The smallest absolute Gasteiger partial charge is 0.247 e. The van der Waals surface area contributed by atoms with Crippen molar-refractivity contribution in [3.05, 3.63) is 18.2 Å². The van der Waals surface area contributed by atoms with Gasteiger partial charge in [-0.25, -0.2) is 9.55 Å². The number of aromatic nitrogens is 2. The molecule has 0 spiro atoms. The molecule has 0 saturated heterocycles. The van der Waals surface area contributed by atoms with Crippen molar-refractivity contribution in [1.29, 1.82) is 0 Å². The third kappa shape index (κ3) is 16.6. The topological polar surface area (TPSA) is 19.7 Å². The number of hydrogen-bond donors (Lipinski definition) is 1. The van der Waals surface area contributed by atoms with E-state index in [1.54, 1.807) is 0 Å². The number of H-pyrrole nitrogens is 1. The van der Waals surface area contributed by atoms with Crippen molar-refractivity contribution in [1.82, 2.24) is 4.98 Å². The van der Waals surface area contributed by atoms with E-state index in [1.165, 1.54) is 160 Å². The Morgan fingerprint density at radius 1 is 0.543 bits per heavy atom. The van der Waals surface area contributed by atoms with Gasteiger partial charge in [0.2, 0.25) is 0 Å². The van der Waals surface area contributed by atoms with Gasteiger partial charge in [-0.2, -0.15) is 0 Å². The van der Waals surface area contributed by atoms with E-state index in [1.807, 2.05) is 0 Å². The van der Waals surface area contributed by atoms with Crippen LogP contribution >= 0.6 is 0 Å². The molecule has 2 unspecified atom stereocenters. The van der Waals surface area contributed by atoms with E-state index in [-0.39, 0.29) is 0 Å². The minimum absolute atomic E-state index is 0.622. The van der Waals surface area contributed by atoms with Crippen molar-refractivity contribution in [3.63, 3.8) is 0 Å². The largest absolute Gasteiger partial charge is 0.257 e. The number of imidazole rings is 1. The van der Waals surface area contributed by atoms with Crippen LogP contribution < -0.4 is 4.57 Å². The number of rotatable bonds is 26. The van der Waals surface area contributed by atoms with Crippen molar-refractivity contribution in [2.75, 3.05) is 0 Å². The molecule has 2 heteroatoms. The molecule has 0 aliphatic heterocycles. The molecule has 1 aromatic rings. The number of hydrogen-bond acceptors (Lipinski definition) is 0. The Morgan fingerprint density at radius 2 is 0.914 bits per heavy atom. The van der Waals surface area contributed by atoms with Crippen LogP contribution in [0.4, 0.5) is 0 Å². The van der Waals surface area contributed by atoms with Crippen LogP contribution in [0.1, 0.15) is 200 Å². The third-order valence-electron chi connectivity index (χ3n) is 8.14. The first-order chi connectivity index (χ1) is 17.2. The predicted octanol–water partition coefficient (Wildman–Crippen LogP) is 11.4. The maximum absolute atomic E-state index is 3.68. The van der Waals surface area contributed by atoms with E-state index in [0.717, 1.165) is 0 Å². The molecule has 1 aromatic heterocycles. The highest BCUT2D eigenvalue weighted by atomic mass is 15.1. The molecule has 1 N–H and O–H groups in total. The van der Waals surface area contributed by atoms with Crippen molar-refractivity contribution < 1.29 is 4.57 Å². The maximum atomic E-state index is 3.68. The standard InChI is InChI=1S/C33H64N2/c1-5-8-11-13-14-15-16-17-18-19-20-21-22-25-28-32(27-24-12-9-6-2)33-34-29-30-35(33)31(4)26-23-10-7-3/h29-32H,5-28H2,1-4H3/p+1. The summed E-state index contributed by atoms with van der Waals surface area (Å²) in [6, 6.07) is 0.622. The monoisotopic (exact) mass is 490 g/mol.